The first kappa shape index (κ1) is 14.4. The maximum atomic E-state index is 11.8. The second-order valence-electron chi connectivity index (χ2n) is 5.03. The third kappa shape index (κ3) is 4.26. The third-order valence-electron chi connectivity index (χ3n) is 3.20. The van der Waals surface area contributed by atoms with E-state index < -0.39 is 11.8 Å². The number of hydrogen-bond donors (Lipinski definition) is 0. The van der Waals surface area contributed by atoms with E-state index >= 15 is 0 Å². The van der Waals surface area contributed by atoms with Crippen molar-refractivity contribution in [2.75, 3.05) is 13.2 Å². The van der Waals surface area contributed by atoms with Crippen molar-refractivity contribution in [3.63, 3.8) is 0 Å². The third-order valence-corrected chi connectivity index (χ3v) is 3.20. The zero-order valence-electron chi connectivity index (χ0n) is 11.5. The van der Waals surface area contributed by atoms with Gasteiger partial charge in [-0.25, -0.2) is 4.79 Å². The highest BCUT2D eigenvalue weighted by Crippen LogP contribution is 2.25. The van der Waals surface area contributed by atoms with E-state index in [0.717, 1.165) is 5.56 Å². The summed E-state index contributed by atoms with van der Waals surface area (Å²) in [7, 11) is 0. The lowest BCUT2D eigenvalue weighted by Crippen LogP contribution is -2.40. The first-order valence-corrected chi connectivity index (χ1v) is 6.63. The smallest absolute Gasteiger partial charge is 0.465 e. The first-order chi connectivity index (χ1) is 9.57. The lowest BCUT2D eigenvalue weighted by Gasteiger charge is -2.31. The summed E-state index contributed by atoms with van der Waals surface area (Å²) in [5.41, 5.74) is 0.295. The van der Waals surface area contributed by atoms with Crippen molar-refractivity contribution in [3.8, 4) is 0 Å². The minimum atomic E-state index is -0.820. The first-order valence-electron chi connectivity index (χ1n) is 6.63. The van der Waals surface area contributed by atoms with Gasteiger partial charge in [0.05, 0.1) is 19.6 Å². The number of carbonyl (C=O) groups excluding carboxylic acids is 2. The highest BCUT2D eigenvalue weighted by molar-refractivity contribution is 5.71. The van der Waals surface area contributed by atoms with Crippen LogP contribution in [0.4, 0.5) is 4.79 Å². The van der Waals surface area contributed by atoms with Gasteiger partial charge >= 0.3 is 12.1 Å². The van der Waals surface area contributed by atoms with E-state index in [-0.39, 0.29) is 19.0 Å². The molecule has 20 heavy (non-hydrogen) atoms. The molecule has 1 atom stereocenters. The molecule has 0 bridgehead atoms. The van der Waals surface area contributed by atoms with Gasteiger partial charge in [0.1, 0.15) is 5.60 Å². The standard InChI is InChI=1S/C15H18O5/c1-15(8-10-19-14(17)20-15)11-13(16)18-9-7-12-5-3-2-4-6-12/h2-6H,7-11H2,1H3. The van der Waals surface area contributed by atoms with E-state index in [1.807, 2.05) is 30.3 Å². The molecule has 1 aliphatic heterocycles. The van der Waals surface area contributed by atoms with Gasteiger partial charge in [0.2, 0.25) is 0 Å². The van der Waals surface area contributed by atoms with Gasteiger partial charge in [0.25, 0.3) is 0 Å². The van der Waals surface area contributed by atoms with Crippen LogP contribution in [0.5, 0.6) is 0 Å². The van der Waals surface area contributed by atoms with Crippen molar-refractivity contribution < 1.29 is 23.8 Å². The van der Waals surface area contributed by atoms with Crippen molar-refractivity contribution in [2.45, 2.75) is 31.8 Å². The van der Waals surface area contributed by atoms with E-state index in [0.29, 0.717) is 19.4 Å². The van der Waals surface area contributed by atoms with Crippen LogP contribution in [0.1, 0.15) is 25.3 Å². The number of carbonyl (C=O) groups is 2. The molecule has 108 valence electrons. The number of rotatable bonds is 5. The van der Waals surface area contributed by atoms with E-state index in [1.54, 1.807) is 6.92 Å². The summed E-state index contributed by atoms with van der Waals surface area (Å²) in [5, 5.41) is 0. The molecule has 0 aliphatic carbocycles. The molecule has 0 saturated carbocycles. The van der Waals surface area contributed by atoms with Crippen LogP contribution in [-0.4, -0.2) is 30.9 Å². The fraction of sp³-hybridized carbons (Fsp3) is 0.467. The SMILES string of the molecule is CC1(CC(=O)OCCc2ccccc2)CCOC(=O)O1. The van der Waals surface area contributed by atoms with Crippen molar-refractivity contribution in [3.05, 3.63) is 35.9 Å². The van der Waals surface area contributed by atoms with E-state index in [1.165, 1.54) is 0 Å². The highest BCUT2D eigenvalue weighted by atomic mass is 16.7. The molecule has 0 radical (unpaired) electrons. The average molecular weight is 278 g/mol. The summed E-state index contributed by atoms with van der Waals surface area (Å²) >= 11 is 0. The Morgan fingerprint density at radius 1 is 1.35 bits per heavy atom. The molecule has 2 rings (SSSR count). The van der Waals surface area contributed by atoms with Crippen molar-refractivity contribution in [1.29, 1.82) is 0 Å². The Morgan fingerprint density at radius 2 is 2.10 bits per heavy atom. The average Bonchev–Trinajstić information content (AvgIpc) is 2.39. The van der Waals surface area contributed by atoms with Crippen LogP contribution in [0.2, 0.25) is 0 Å². The quantitative estimate of drug-likeness (QED) is 0.774. The predicted octanol–water partition coefficient (Wildman–Crippen LogP) is 2.48. The summed E-state index contributed by atoms with van der Waals surface area (Å²) < 4.78 is 14.9. The van der Waals surface area contributed by atoms with E-state index in [2.05, 4.69) is 4.74 Å². The van der Waals surface area contributed by atoms with Gasteiger partial charge in [-0.1, -0.05) is 30.3 Å². The fourth-order valence-electron chi connectivity index (χ4n) is 2.04. The Morgan fingerprint density at radius 3 is 2.80 bits per heavy atom. The van der Waals surface area contributed by atoms with E-state index in [4.69, 9.17) is 9.47 Å². The van der Waals surface area contributed by atoms with Gasteiger partial charge in [-0.3, -0.25) is 4.79 Å². The largest absolute Gasteiger partial charge is 0.508 e. The van der Waals surface area contributed by atoms with Gasteiger partial charge in [-0.15, -0.1) is 0 Å². The molecule has 1 aliphatic rings. The number of benzene rings is 1. The Bertz CT molecular complexity index is 470. The summed E-state index contributed by atoms with van der Waals surface area (Å²) in [5.74, 6) is -0.363. The van der Waals surface area contributed by atoms with Crippen LogP contribution in [0.15, 0.2) is 30.3 Å². The molecular weight excluding hydrogens is 260 g/mol. The molecule has 1 heterocycles. The zero-order valence-corrected chi connectivity index (χ0v) is 11.5. The number of esters is 1. The summed E-state index contributed by atoms with van der Waals surface area (Å²) in [6.45, 7) is 2.31. The fourth-order valence-corrected chi connectivity index (χ4v) is 2.04. The topological polar surface area (TPSA) is 61.8 Å². The molecule has 1 unspecified atom stereocenters. The second-order valence-corrected chi connectivity index (χ2v) is 5.03. The molecular formula is C15H18O5. The van der Waals surface area contributed by atoms with Crippen LogP contribution in [0.3, 0.4) is 0 Å². The molecule has 0 aromatic heterocycles. The minimum absolute atomic E-state index is 0.0525. The Labute approximate surface area is 117 Å². The van der Waals surface area contributed by atoms with Crippen LogP contribution in [0, 0.1) is 0 Å². The predicted molar refractivity (Wildman–Crippen MR) is 71.2 cm³/mol. The summed E-state index contributed by atoms with van der Waals surface area (Å²) in [4.78, 5) is 22.8. The van der Waals surface area contributed by atoms with Gasteiger partial charge in [0.15, 0.2) is 0 Å². The lowest BCUT2D eigenvalue weighted by atomic mass is 9.98. The maximum absolute atomic E-state index is 11.8. The van der Waals surface area contributed by atoms with Gasteiger partial charge in [0, 0.05) is 12.8 Å². The summed E-state index contributed by atoms with van der Waals surface area (Å²) in [6.07, 6.45) is 0.492. The van der Waals surface area contributed by atoms with Crippen molar-refractivity contribution in [2.24, 2.45) is 0 Å². The van der Waals surface area contributed by atoms with Crippen molar-refractivity contribution in [1.82, 2.24) is 0 Å². The normalized spacial score (nSPS) is 21.8. The molecule has 0 spiro atoms. The molecule has 5 nitrogen and oxygen atoms in total. The maximum Gasteiger partial charge on any atom is 0.508 e. The van der Waals surface area contributed by atoms with Crippen molar-refractivity contribution >= 4 is 12.1 Å². The Hall–Kier alpha value is -2.04. The van der Waals surface area contributed by atoms with Gasteiger partial charge in [-0.2, -0.15) is 0 Å². The molecule has 0 N–H and O–H groups in total. The Kier molecular flexibility index (Phi) is 4.61. The molecule has 1 aromatic rings. The van der Waals surface area contributed by atoms with Crippen LogP contribution in [0.25, 0.3) is 0 Å². The zero-order chi connectivity index (χ0) is 14.4. The van der Waals surface area contributed by atoms with Crippen LogP contribution >= 0.6 is 0 Å². The number of ether oxygens (including phenoxy) is 3. The number of cyclic esters (lactones) is 2. The molecule has 1 saturated heterocycles. The number of hydrogen-bond acceptors (Lipinski definition) is 5. The monoisotopic (exact) mass is 278 g/mol. The molecule has 5 heteroatoms. The van der Waals surface area contributed by atoms with Crippen LogP contribution < -0.4 is 0 Å². The van der Waals surface area contributed by atoms with Gasteiger partial charge < -0.3 is 14.2 Å². The molecule has 1 fully saturated rings. The Balaban J connectivity index is 1.74. The minimum Gasteiger partial charge on any atom is -0.465 e. The van der Waals surface area contributed by atoms with E-state index in [9.17, 15) is 9.59 Å². The molecule has 1 aromatic carbocycles. The highest BCUT2D eigenvalue weighted by Gasteiger charge is 2.36. The molecule has 0 amide bonds. The summed E-state index contributed by atoms with van der Waals surface area (Å²) in [6, 6.07) is 9.79. The second kappa shape index (κ2) is 6.41. The van der Waals surface area contributed by atoms with Gasteiger partial charge in [-0.05, 0) is 12.5 Å². The lowest BCUT2D eigenvalue weighted by molar-refractivity contribution is -0.152. The van der Waals surface area contributed by atoms with Crippen LogP contribution in [-0.2, 0) is 25.4 Å².